The molecule has 1 unspecified atom stereocenters. The van der Waals surface area contributed by atoms with Gasteiger partial charge in [-0.3, -0.25) is 14.5 Å². The number of nitrogens with zero attached hydrogens (tertiary/aromatic N) is 2. The Bertz CT molecular complexity index is 837. The molecule has 2 saturated heterocycles. The molecule has 0 spiro atoms. The number of fused-ring (bicyclic) bond motifs is 2. The molecule has 2 bridgehead atoms. The van der Waals surface area contributed by atoms with Crippen LogP contribution in [0.25, 0.3) is 0 Å². The minimum absolute atomic E-state index is 0.0860. The summed E-state index contributed by atoms with van der Waals surface area (Å²) in [5.41, 5.74) is -0.370. The number of aliphatic hydroxyl groups is 1. The predicted molar refractivity (Wildman–Crippen MR) is 109 cm³/mol. The molecule has 0 saturated carbocycles. The molecule has 3 N–H and O–H groups in total. The summed E-state index contributed by atoms with van der Waals surface area (Å²) in [5.74, 6) is -0.777. The molecule has 1 aromatic rings. The molecule has 7 nitrogen and oxygen atoms in total. The molecule has 30 heavy (non-hydrogen) atoms. The monoisotopic (exact) mass is 416 g/mol. The van der Waals surface area contributed by atoms with Gasteiger partial charge >= 0.3 is 0 Å². The minimum atomic E-state index is -0.638. The zero-order valence-electron chi connectivity index (χ0n) is 17.4. The van der Waals surface area contributed by atoms with E-state index in [1.165, 1.54) is 6.07 Å². The highest BCUT2D eigenvalue weighted by Gasteiger charge is 2.41. The molecule has 8 heteroatoms. The van der Waals surface area contributed by atoms with Crippen molar-refractivity contribution in [3.63, 3.8) is 0 Å². The highest BCUT2D eigenvalue weighted by atomic mass is 19.1. The number of benzene rings is 1. The third-order valence-corrected chi connectivity index (χ3v) is 6.02. The quantitative estimate of drug-likeness (QED) is 0.626. The molecule has 0 aliphatic carbocycles. The van der Waals surface area contributed by atoms with Gasteiger partial charge < -0.3 is 15.7 Å². The average Bonchev–Trinajstić information content (AvgIpc) is 2.93. The van der Waals surface area contributed by atoms with Gasteiger partial charge in [0, 0.05) is 24.2 Å². The van der Waals surface area contributed by atoms with E-state index in [0.717, 1.165) is 37.8 Å². The highest BCUT2D eigenvalue weighted by molar-refractivity contribution is 5.94. The highest BCUT2D eigenvalue weighted by Crippen LogP contribution is 2.38. The third-order valence-electron chi connectivity index (χ3n) is 6.02. The molecule has 3 atom stereocenters. The molecule has 2 aliphatic rings. The number of amides is 2. The van der Waals surface area contributed by atoms with E-state index in [1.807, 2.05) is 6.07 Å². The van der Waals surface area contributed by atoms with Crippen LogP contribution in [0.4, 0.5) is 4.39 Å². The van der Waals surface area contributed by atoms with Crippen LogP contribution in [0.2, 0.25) is 0 Å². The van der Waals surface area contributed by atoms with Crippen LogP contribution < -0.4 is 10.6 Å². The fourth-order valence-corrected chi connectivity index (χ4v) is 4.56. The van der Waals surface area contributed by atoms with Crippen LogP contribution in [-0.2, 0) is 4.79 Å². The molecule has 1 aromatic carbocycles. The molecular weight excluding hydrogens is 387 g/mol. The summed E-state index contributed by atoms with van der Waals surface area (Å²) in [4.78, 5) is 27.0. The van der Waals surface area contributed by atoms with Crippen molar-refractivity contribution in [2.75, 3.05) is 19.7 Å². The van der Waals surface area contributed by atoms with E-state index in [9.17, 15) is 19.1 Å². The third kappa shape index (κ3) is 5.35. The van der Waals surface area contributed by atoms with Crippen molar-refractivity contribution in [1.82, 2.24) is 15.5 Å². The second-order valence-corrected chi connectivity index (χ2v) is 9.04. The minimum Gasteiger partial charge on any atom is -0.394 e. The zero-order chi connectivity index (χ0) is 21.9. The van der Waals surface area contributed by atoms with Crippen molar-refractivity contribution >= 4 is 11.8 Å². The fraction of sp³-hybridized carbons (Fsp3) is 0.591. The van der Waals surface area contributed by atoms with Crippen LogP contribution in [0.5, 0.6) is 0 Å². The first-order valence-corrected chi connectivity index (χ1v) is 10.4. The number of nitrogens with one attached hydrogen (secondary N) is 2. The molecule has 2 heterocycles. The Hall–Kier alpha value is -2.50. The summed E-state index contributed by atoms with van der Waals surface area (Å²) in [5, 5.41) is 24.0. The molecule has 0 radical (unpaired) electrons. The van der Waals surface area contributed by atoms with Crippen LogP contribution in [0.1, 0.15) is 55.5 Å². The van der Waals surface area contributed by atoms with Crippen LogP contribution >= 0.6 is 0 Å². The summed E-state index contributed by atoms with van der Waals surface area (Å²) in [6.45, 7) is 4.26. The number of carbonyl (C=O) groups excluding carboxylic acids is 2. The molecule has 2 aliphatic heterocycles. The van der Waals surface area contributed by atoms with E-state index in [4.69, 9.17) is 5.26 Å². The number of hydrogen-bond acceptors (Lipinski definition) is 5. The maximum atomic E-state index is 13.6. The Labute approximate surface area is 176 Å². The number of nitriles is 1. The summed E-state index contributed by atoms with van der Waals surface area (Å²) in [7, 11) is 0. The number of carbonyl (C=O) groups is 2. The van der Waals surface area contributed by atoms with Gasteiger partial charge in [0.1, 0.15) is 5.82 Å². The van der Waals surface area contributed by atoms with Gasteiger partial charge in [-0.05, 0) is 63.6 Å². The van der Waals surface area contributed by atoms with Crippen molar-refractivity contribution in [2.24, 2.45) is 5.92 Å². The number of aliphatic hydroxyl groups excluding tert-OH is 1. The van der Waals surface area contributed by atoms with Gasteiger partial charge in [0.05, 0.1) is 30.3 Å². The van der Waals surface area contributed by atoms with E-state index in [2.05, 4.69) is 15.5 Å². The van der Waals surface area contributed by atoms with E-state index in [-0.39, 0.29) is 29.5 Å². The van der Waals surface area contributed by atoms with Crippen molar-refractivity contribution in [2.45, 2.75) is 57.2 Å². The van der Waals surface area contributed by atoms with Gasteiger partial charge in [0.15, 0.2) is 0 Å². The summed E-state index contributed by atoms with van der Waals surface area (Å²) >= 11 is 0. The first-order valence-electron chi connectivity index (χ1n) is 10.4. The molecule has 162 valence electrons. The van der Waals surface area contributed by atoms with Crippen molar-refractivity contribution in [3.8, 4) is 6.07 Å². The zero-order valence-corrected chi connectivity index (χ0v) is 17.4. The number of rotatable bonds is 7. The molecule has 0 aromatic heterocycles. The van der Waals surface area contributed by atoms with E-state index in [1.54, 1.807) is 13.8 Å². The smallest absolute Gasteiger partial charge is 0.251 e. The van der Waals surface area contributed by atoms with E-state index >= 15 is 0 Å². The molecule has 3 rings (SSSR count). The standard InChI is InChI=1S/C22H29FN4O3/c1-22(2,13-28)26-20(29)12-27-18-3-4-19(27)8-15(7-18)11-25-21(30)16-5-14(10-24)6-17(23)9-16/h5-6,9,15,18-19,28H,3-4,7-8,11-13H2,1-2H3,(H,25,30)(H,26,29)/t15?,18-,19+. The Morgan fingerprint density at radius 1 is 1.27 bits per heavy atom. The lowest BCUT2D eigenvalue weighted by molar-refractivity contribution is -0.125. The second kappa shape index (κ2) is 9.11. The molecular formula is C22H29FN4O3. The Morgan fingerprint density at radius 2 is 1.93 bits per heavy atom. The van der Waals surface area contributed by atoms with Crippen LogP contribution in [-0.4, -0.2) is 59.1 Å². The molecule has 2 amide bonds. The average molecular weight is 416 g/mol. The van der Waals surface area contributed by atoms with Crippen LogP contribution in [0.3, 0.4) is 0 Å². The predicted octanol–water partition coefficient (Wildman–Crippen LogP) is 1.56. The summed E-state index contributed by atoms with van der Waals surface area (Å²) in [6, 6.07) is 6.07. The van der Waals surface area contributed by atoms with Gasteiger partial charge in [-0.15, -0.1) is 0 Å². The van der Waals surface area contributed by atoms with Crippen LogP contribution in [0.15, 0.2) is 18.2 Å². The SMILES string of the molecule is CC(C)(CO)NC(=O)CN1[C@@H]2CC[C@H]1CC(CNC(=O)c1cc(F)cc(C#N)c1)C2. The van der Waals surface area contributed by atoms with Gasteiger partial charge in [-0.2, -0.15) is 5.26 Å². The van der Waals surface area contributed by atoms with Crippen molar-refractivity contribution in [3.05, 3.63) is 35.1 Å². The number of halogens is 1. The van der Waals surface area contributed by atoms with Crippen LogP contribution in [0, 0.1) is 23.1 Å². The van der Waals surface area contributed by atoms with E-state index < -0.39 is 11.4 Å². The van der Waals surface area contributed by atoms with Crippen molar-refractivity contribution < 1.29 is 19.1 Å². The van der Waals surface area contributed by atoms with Gasteiger partial charge in [-0.25, -0.2) is 4.39 Å². The van der Waals surface area contributed by atoms with Crippen molar-refractivity contribution in [1.29, 1.82) is 5.26 Å². The largest absolute Gasteiger partial charge is 0.394 e. The Balaban J connectivity index is 1.52. The lowest BCUT2D eigenvalue weighted by atomic mass is 9.90. The fourth-order valence-electron chi connectivity index (χ4n) is 4.56. The lowest BCUT2D eigenvalue weighted by Gasteiger charge is -2.39. The van der Waals surface area contributed by atoms with Gasteiger partial charge in [-0.1, -0.05) is 0 Å². The number of hydrogen-bond donors (Lipinski definition) is 3. The Kier molecular flexibility index (Phi) is 6.74. The summed E-state index contributed by atoms with van der Waals surface area (Å²) in [6.07, 6.45) is 3.84. The van der Waals surface area contributed by atoms with E-state index in [0.29, 0.717) is 31.1 Å². The maximum absolute atomic E-state index is 13.6. The lowest BCUT2D eigenvalue weighted by Crippen LogP contribution is -2.53. The maximum Gasteiger partial charge on any atom is 0.251 e. The topological polar surface area (TPSA) is 105 Å². The van der Waals surface area contributed by atoms with Gasteiger partial charge in [0.2, 0.25) is 5.91 Å². The molecule has 2 fully saturated rings. The second-order valence-electron chi connectivity index (χ2n) is 9.04. The summed E-state index contributed by atoms with van der Waals surface area (Å²) < 4.78 is 13.6. The normalized spacial score (nSPS) is 23.6. The Morgan fingerprint density at radius 3 is 2.53 bits per heavy atom. The first-order chi connectivity index (χ1) is 14.2. The van der Waals surface area contributed by atoms with Gasteiger partial charge in [0.25, 0.3) is 5.91 Å². The first kappa shape index (κ1) is 22.2. The number of piperidine rings is 1.